The molecule has 1 aliphatic heterocycles. The van der Waals surface area contributed by atoms with Crippen LogP contribution in [0.25, 0.3) is 0 Å². The average Bonchev–Trinajstić information content (AvgIpc) is 2.51. The number of rotatable bonds is 5. The minimum absolute atomic E-state index is 0.0525. The summed E-state index contributed by atoms with van der Waals surface area (Å²) in [6.45, 7) is 6.65. The summed E-state index contributed by atoms with van der Waals surface area (Å²) in [4.78, 5) is 27.2. The third-order valence-corrected chi connectivity index (χ3v) is 8.11. The Bertz CT molecular complexity index is 577. The Labute approximate surface area is 158 Å². The fourth-order valence-electron chi connectivity index (χ4n) is 8.24. The van der Waals surface area contributed by atoms with Gasteiger partial charge in [0.1, 0.15) is 0 Å². The van der Waals surface area contributed by atoms with Crippen LogP contribution in [0.1, 0.15) is 84.5 Å². The van der Waals surface area contributed by atoms with Crippen molar-refractivity contribution in [2.45, 2.75) is 84.5 Å². The highest BCUT2D eigenvalue weighted by Gasteiger charge is 2.62. The number of likely N-dealkylation sites (tertiary alicyclic amines) is 1. The second kappa shape index (κ2) is 6.24. The molecule has 3 atom stereocenters. The first-order chi connectivity index (χ1) is 12.2. The molecule has 0 aromatic rings. The number of nitrogens with zero attached hydrogens (tertiary/aromatic N) is 1. The van der Waals surface area contributed by atoms with Gasteiger partial charge in [0, 0.05) is 25.4 Å². The molecule has 5 rings (SSSR count). The van der Waals surface area contributed by atoms with Gasteiger partial charge >= 0.3 is 0 Å². The fourth-order valence-corrected chi connectivity index (χ4v) is 8.24. The minimum Gasteiger partial charge on any atom is -0.369 e. The first-order valence-corrected chi connectivity index (χ1v) is 10.8. The van der Waals surface area contributed by atoms with Crippen LogP contribution in [0.2, 0.25) is 0 Å². The van der Waals surface area contributed by atoms with Crippen molar-refractivity contribution in [3.8, 4) is 0 Å². The molecule has 3 unspecified atom stereocenters. The molecule has 146 valence electrons. The number of nitrogens with two attached hydrogens (primary N) is 1. The Hall–Kier alpha value is -1.06. The molecule has 0 spiro atoms. The van der Waals surface area contributed by atoms with Crippen molar-refractivity contribution in [3.63, 3.8) is 0 Å². The Morgan fingerprint density at radius 2 is 1.62 bits per heavy atom. The standard InChI is InChI=1S/C22H36N2O2/c1-20-10-16-11-21(2,13-20)15-22(12-16,14-20)17(19(23)26)6-7-18(25)24-8-4-3-5-9-24/h16-17H,3-15H2,1-2H3,(H2,23,26). The highest BCUT2D eigenvalue weighted by molar-refractivity contribution is 5.80. The second-order valence-corrected chi connectivity index (χ2v) is 10.9. The second-order valence-electron chi connectivity index (χ2n) is 10.9. The van der Waals surface area contributed by atoms with Crippen molar-refractivity contribution in [2.75, 3.05) is 13.1 Å². The first kappa shape index (κ1) is 18.3. The molecule has 1 saturated heterocycles. The molecule has 4 saturated carbocycles. The van der Waals surface area contributed by atoms with Gasteiger partial charge in [-0.25, -0.2) is 0 Å². The third kappa shape index (κ3) is 3.18. The van der Waals surface area contributed by atoms with E-state index in [9.17, 15) is 9.59 Å². The van der Waals surface area contributed by atoms with Crippen molar-refractivity contribution in [1.29, 1.82) is 0 Å². The van der Waals surface area contributed by atoms with Gasteiger partial charge in [-0.2, -0.15) is 0 Å². The number of carbonyl (C=O) groups excluding carboxylic acids is 2. The lowest BCUT2D eigenvalue weighted by atomic mass is 9.38. The van der Waals surface area contributed by atoms with Crippen molar-refractivity contribution in [3.05, 3.63) is 0 Å². The van der Waals surface area contributed by atoms with E-state index in [1.54, 1.807) is 0 Å². The molecular weight excluding hydrogens is 324 g/mol. The zero-order chi connectivity index (χ0) is 18.6. The van der Waals surface area contributed by atoms with Gasteiger partial charge in [-0.1, -0.05) is 13.8 Å². The summed E-state index contributed by atoms with van der Waals surface area (Å²) in [5.74, 6) is 0.697. The van der Waals surface area contributed by atoms with Crippen LogP contribution < -0.4 is 5.73 Å². The van der Waals surface area contributed by atoms with Gasteiger partial charge in [0.15, 0.2) is 0 Å². The van der Waals surface area contributed by atoms with Crippen molar-refractivity contribution < 1.29 is 9.59 Å². The molecule has 2 amide bonds. The third-order valence-electron chi connectivity index (χ3n) is 8.11. The molecule has 4 heteroatoms. The lowest BCUT2D eigenvalue weighted by Crippen LogP contribution is -2.59. The maximum atomic E-state index is 12.7. The van der Waals surface area contributed by atoms with Gasteiger partial charge < -0.3 is 10.6 Å². The van der Waals surface area contributed by atoms with Gasteiger partial charge in [-0.15, -0.1) is 0 Å². The zero-order valence-electron chi connectivity index (χ0n) is 16.7. The molecule has 0 radical (unpaired) electrons. The zero-order valence-corrected chi connectivity index (χ0v) is 16.7. The molecule has 0 aromatic heterocycles. The monoisotopic (exact) mass is 360 g/mol. The van der Waals surface area contributed by atoms with Gasteiger partial charge in [0.2, 0.25) is 11.8 Å². The van der Waals surface area contributed by atoms with E-state index < -0.39 is 0 Å². The van der Waals surface area contributed by atoms with E-state index in [1.165, 1.54) is 25.7 Å². The Morgan fingerprint density at radius 1 is 1.00 bits per heavy atom. The molecule has 5 fully saturated rings. The number of hydrogen-bond donors (Lipinski definition) is 1. The van der Waals surface area contributed by atoms with Gasteiger partial charge in [0.05, 0.1) is 0 Å². The van der Waals surface area contributed by atoms with Gasteiger partial charge in [0.25, 0.3) is 0 Å². The summed E-state index contributed by atoms with van der Waals surface area (Å²) < 4.78 is 0. The topological polar surface area (TPSA) is 63.4 Å². The average molecular weight is 361 g/mol. The summed E-state index contributed by atoms with van der Waals surface area (Å²) in [5.41, 5.74) is 6.75. The van der Waals surface area contributed by atoms with Crippen LogP contribution in [0.5, 0.6) is 0 Å². The van der Waals surface area contributed by atoms with E-state index in [0.29, 0.717) is 23.7 Å². The summed E-state index contributed by atoms with van der Waals surface area (Å²) in [5, 5.41) is 0. The normalized spacial score (nSPS) is 42.7. The number of hydrogen-bond acceptors (Lipinski definition) is 2. The van der Waals surface area contributed by atoms with E-state index in [2.05, 4.69) is 13.8 Å². The first-order valence-electron chi connectivity index (χ1n) is 10.8. The molecule has 4 nitrogen and oxygen atoms in total. The Morgan fingerprint density at radius 3 is 2.15 bits per heavy atom. The van der Waals surface area contributed by atoms with Crippen LogP contribution in [-0.2, 0) is 9.59 Å². The van der Waals surface area contributed by atoms with Crippen molar-refractivity contribution >= 4 is 11.8 Å². The number of amides is 2. The van der Waals surface area contributed by atoms with Crippen LogP contribution >= 0.6 is 0 Å². The molecule has 2 N–H and O–H groups in total. The van der Waals surface area contributed by atoms with Crippen LogP contribution in [-0.4, -0.2) is 29.8 Å². The van der Waals surface area contributed by atoms with Gasteiger partial charge in [-0.05, 0) is 86.4 Å². The minimum atomic E-state index is -0.161. The highest BCUT2D eigenvalue weighted by Crippen LogP contribution is 2.71. The maximum absolute atomic E-state index is 12.7. The summed E-state index contributed by atoms with van der Waals surface area (Å²) >= 11 is 0. The highest BCUT2D eigenvalue weighted by atomic mass is 16.2. The summed E-state index contributed by atoms with van der Waals surface area (Å²) in [6.07, 6.45) is 12.0. The van der Waals surface area contributed by atoms with Crippen molar-refractivity contribution in [2.24, 2.45) is 33.8 Å². The Kier molecular flexibility index (Phi) is 4.39. The molecule has 5 aliphatic rings. The van der Waals surface area contributed by atoms with E-state index >= 15 is 0 Å². The lowest BCUT2D eigenvalue weighted by Gasteiger charge is -2.67. The van der Waals surface area contributed by atoms with E-state index in [4.69, 9.17) is 5.73 Å². The van der Waals surface area contributed by atoms with E-state index in [1.807, 2.05) is 4.90 Å². The molecule has 4 aliphatic carbocycles. The van der Waals surface area contributed by atoms with E-state index in [-0.39, 0.29) is 23.1 Å². The van der Waals surface area contributed by atoms with E-state index in [0.717, 1.165) is 51.1 Å². The smallest absolute Gasteiger partial charge is 0.222 e. The van der Waals surface area contributed by atoms with Crippen molar-refractivity contribution in [1.82, 2.24) is 4.90 Å². The lowest BCUT2D eigenvalue weighted by molar-refractivity contribution is -0.174. The van der Waals surface area contributed by atoms with Crippen LogP contribution in [0.3, 0.4) is 0 Å². The Balaban J connectivity index is 1.49. The molecule has 0 aromatic carbocycles. The quantitative estimate of drug-likeness (QED) is 0.809. The molecule has 4 bridgehead atoms. The maximum Gasteiger partial charge on any atom is 0.222 e. The molecular formula is C22H36N2O2. The predicted octanol–water partition coefficient (Wildman–Crippen LogP) is 3.88. The van der Waals surface area contributed by atoms with Crippen LogP contribution in [0, 0.1) is 28.1 Å². The predicted molar refractivity (Wildman–Crippen MR) is 102 cm³/mol. The van der Waals surface area contributed by atoms with Crippen LogP contribution in [0.15, 0.2) is 0 Å². The number of piperidine rings is 1. The largest absolute Gasteiger partial charge is 0.369 e. The summed E-state index contributed by atoms with van der Waals surface area (Å²) in [6, 6.07) is 0. The molecule has 1 heterocycles. The fraction of sp³-hybridized carbons (Fsp3) is 0.909. The van der Waals surface area contributed by atoms with Gasteiger partial charge in [-0.3, -0.25) is 9.59 Å². The number of carbonyl (C=O) groups is 2. The molecule has 26 heavy (non-hydrogen) atoms. The number of primary amides is 1. The van der Waals surface area contributed by atoms with Crippen LogP contribution in [0.4, 0.5) is 0 Å². The summed E-state index contributed by atoms with van der Waals surface area (Å²) in [7, 11) is 0. The SMILES string of the molecule is CC12CC3CC(C)(C1)CC(C(CCC(=O)N1CCCCC1)C(N)=O)(C3)C2.